The molecular formula is C33H32O6S. The van der Waals surface area contributed by atoms with Gasteiger partial charge in [-0.3, -0.25) is 0 Å². The van der Waals surface area contributed by atoms with Crippen molar-refractivity contribution in [2.45, 2.75) is 53.9 Å². The number of thioether (sulfide) groups is 1. The highest BCUT2D eigenvalue weighted by Crippen LogP contribution is 2.46. The standard InChI is InChI=1S/C33H32O6S/c34-33(40-27-19-11-4-12-20-27)31(36-22-25-15-7-2-8-16-25)30(35-21-24-13-5-1-6-14-24)29-28(39-33)23-37-32(38-29)26-17-9-3-10-18-26/h1-20,28-32,34H,21-23H2/t28-,29-,30+,31+,32?,33+/m1/s1. The highest BCUT2D eigenvalue weighted by Gasteiger charge is 2.58. The Hall–Kier alpha value is -3.01. The maximum absolute atomic E-state index is 12.2. The number of hydrogen-bond acceptors (Lipinski definition) is 7. The van der Waals surface area contributed by atoms with Crippen LogP contribution in [0.2, 0.25) is 0 Å². The van der Waals surface area contributed by atoms with E-state index in [0.29, 0.717) is 6.61 Å². The summed E-state index contributed by atoms with van der Waals surface area (Å²) < 4.78 is 32.1. The molecule has 0 aliphatic carbocycles. The van der Waals surface area contributed by atoms with Crippen LogP contribution in [0.25, 0.3) is 0 Å². The third-order valence-corrected chi connectivity index (χ3v) is 8.13. The first-order valence-corrected chi connectivity index (χ1v) is 14.3. The number of fused-ring (bicyclic) bond motifs is 1. The molecule has 6 atom stereocenters. The van der Waals surface area contributed by atoms with Crippen molar-refractivity contribution in [1.82, 2.24) is 0 Å². The minimum absolute atomic E-state index is 0.235. The topological polar surface area (TPSA) is 66.4 Å². The molecule has 4 aromatic carbocycles. The van der Waals surface area contributed by atoms with Crippen LogP contribution in [-0.4, -0.2) is 41.2 Å². The lowest BCUT2D eigenvalue weighted by Gasteiger charge is -2.52. The van der Waals surface area contributed by atoms with E-state index in [2.05, 4.69) is 0 Å². The SMILES string of the molecule is O[C@]1(Sc2ccccc2)O[C@@H]2COC(c3ccccc3)O[C@H]2[C@H](OCc2ccccc2)[C@@H]1OCc1ccccc1. The Bertz CT molecular complexity index is 1330. The summed E-state index contributed by atoms with van der Waals surface area (Å²) in [6, 6.07) is 39.3. The normalized spacial score (nSPS) is 28.1. The quantitative estimate of drug-likeness (QED) is 0.250. The number of ether oxygens (including phenoxy) is 5. The molecule has 7 heteroatoms. The zero-order valence-electron chi connectivity index (χ0n) is 22.0. The van der Waals surface area contributed by atoms with Gasteiger partial charge in [0.15, 0.2) is 12.4 Å². The first kappa shape index (κ1) is 27.2. The van der Waals surface area contributed by atoms with Gasteiger partial charge in [-0.05, 0) is 23.3 Å². The molecule has 2 fully saturated rings. The molecule has 1 N–H and O–H groups in total. The van der Waals surface area contributed by atoms with Crippen LogP contribution in [0.1, 0.15) is 23.0 Å². The summed E-state index contributed by atoms with van der Waals surface area (Å²) in [6.07, 6.45) is -3.23. The Morgan fingerprint density at radius 2 is 1.27 bits per heavy atom. The van der Waals surface area contributed by atoms with Gasteiger partial charge >= 0.3 is 0 Å². The smallest absolute Gasteiger partial charge is 0.250 e. The average Bonchev–Trinajstić information content (AvgIpc) is 3.01. The number of hydrogen-bond donors (Lipinski definition) is 1. The molecule has 2 heterocycles. The fourth-order valence-corrected chi connectivity index (χ4v) is 6.16. The van der Waals surface area contributed by atoms with E-state index < -0.39 is 35.8 Å². The van der Waals surface area contributed by atoms with E-state index in [1.807, 2.05) is 121 Å². The summed E-state index contributed by atoms with van der Waals surface area (Å²) in [4.78, 5) is 0.846. The van der Waals surface area contributed by atoms with E-state index >= 15 is 0 Å². The van der Waals surface area contributed by atoms with Gasteiger partial charge in [-0.1, -0.05) is 121 Å². The second kappa shape index (κ2) is 12.7. The third-order valence-electron chi connectivity index (χ3n) is 7.00. The number of aliphatic hydroxyl groups is 1. The first-order chi connectivity index (χ1) is 19.7. The molecule has 0 bridgehead atoms. The molecule has 2 saturated heterocycles. The Morgan fingerprint density at radius 3 is 1.90 bits per heavy atom. The van der Waals surface area contributed by atoms with Gasteiger partial charge in [-0.25, -0.2) is 0 Å². The van der Waals surface area contributed by atoms with Crippen molar-refractivity contribution in [2.24, 2.45) is 0 Å². The summed E-state index contributed by atoms with van der Waals surface area (Å²) >= 11 is 1.21. The van der Waals surface area contributed by atoms with Gasteiger partial charge in [0.1, 0.15) is 18.3 Å². The fourth-order valence-electron chi connectivity index (χ4n) is 5.03. The Morgan fingerprint density at radius 1 is 0.725 bits per heavy atom. The van der Waals surface area contributed by atoms with Crippen molar-refractivity contribution in [3.8, 4) is 0 Å². The molecule has 1 unspecified atom stereocenters. The van der Waals surface area contributed by atoms with Crippen molar-refractivity contribution >= 4 is 11.8 Å². The van der Waals surface area contributed by atoms with Crippen LogP contribution in [-0.2, 0) is 36.9 Å². The van der Waals surface area contributed by atoms with Crippen molar-refractivity contribution in [3.05, 3.63) is 138 Å². The molecule has 0 amide bonds. The third kappa shape index (κ3) is 6.32. The maximum atomic E-state index is 12.2. The summed E-state index contributed by atoms with van der Waals surface area (Å²) in [7, 11) is 0. The molecule has 206 valence electrons. The molecule has 4 aromatic rings. The number of rotatable bonds is 9. The van der Waals surface area contributed by atoms with Crippen molar-refractivity contribution in [3.63, 3.8) is 0 Å². The maximum Gasteiger partial charge on any atom is 0.250 e. The average molecular weight is 557 g/mol. The van der Waals surface area contributed by atoms with Gasteiger partial charge in [-0.15, -0.1) is 0 Å². The Kier molecular flexibility index (Phi) is 8.60. The summed E-state index contributed by atoms with van der Waals surface area (Å²) in [6.45, 7) is 0.832. The van der Waals surface area contributed by atoms with Gasteiger partial charge in [-0.2, -0.15) is 0 Å². The molecule has 0 aromatic heterocycles. The molecule has 40 heavy (non-hydrogen) atoms. The zero-order valence-corrected chi connectivity index (χ0v) is 22.8. The monoisotopic (exact) mass is 556 g/mol. The predicted octanol–water partition coefficient (Wildman–Crippen LogP) is 6.11. The van der Waals surface area contributed by atoms with Gasteiger partial charge in [0.05, 0.1) is 19.8 Å². The van der Waals surface area contributed by atoms with Crippen LogP contribution in [0.5, 0.6) is 0 Å². The van der Waals surface area contributed by atoms with Crippen LogP contribution in [0.15, 0.2) is 126 Å². The zero-order chi connectivity index (χ0) is 27.2. The highest BCUT2D eigenvalue weighted by atomic mass is 32.2. The molecule has 0 radical (unpaired) electrons. The fraction of sp³-hybridized carbons (Fsp3) is 0.273. The lowest BCUT2D eigenvalue weighted by atomic mass is 9.96. The number of benzene rings is 4. The van der Waals surface area contributed by atoms with Crippen LogP contribution in [0.4, 0.5) is 0 Å². The van der Waals surface area contributed by atoms with Crippen LogP contribution >= 0.6 is 11.8 Å². The molecular weight excluding hydrogens is 524 g/mol. The van der Waals surface area contributed by atoms with Crippen molar-refractivity contribution in [2.75, 3.05) is 6.61 Å². The second-order valence-corrected chi connectivity index (χ2v) is 11.1. The minimum Gasteiger partial charge on any atom is -0.368 e. The lowest BCUT2D eigenvalue weighted by molar-refractivity contribution is -0.376. The van der Waals surface area contributed by atoms with Gasteiger partial charge in [0.2, 0.25) is 0 Å². The van der Waals surface area contributed by atoms with E-state index in [0.717, 1.165) is 21.6 Å². The van der Waals surface area contributed by atoms with Crippen LogP contribution in [0.3, 0.4) is 0 Å². The highest BCUT2D eigenvalue weighted by molar-refractivity contribution is 8.00. The minimum atomic E-state index is -1.76. The first-order valence-electron chi connectivity index (χ1n) is 13.5. The predicted molar refractivity (Wildman–Crippen MR) is 152 cm³/mol. The van der Waals surface area contributed by atoms with E-state index in [4.69, 9.17) is 23.7 Å². The van der Waals surface area contributed by atoms with E-state index in [-0.39, 0.29) is 13.2 Å². The van der Waals surface area contributed by atoms with Crippen molar-refractivity contribution in [1.29, 1.82) is 0 Å². The molecule has 2 aliphatic heterocycles. The van der Waals surface area contributed by atoms with E-state index in [1.54, 1.807) is 0 Å². The van der Waals surface area contributed by atoms with Crippen LogP contribution < -0.4 is 0 Å². The molecule has 0 saturated carbocycles. The molecule has 0 spiro atoms. The molecule has 6 rings (SSSR count). The Labute approximate surface area is 238 Å². The van der Waals surface area contributed by atoms with Gasteiger partial charge in [0, 0.05) is 10.5 Å². The molecule has 6 nitrogen and oxygen atoms in total. The van der Waals surface area contributed by atoms with Crippen LogP contribution in [0, 0.1) is 0 Å². The van der Waals surface area contributed by atoms with Crippen molar-refractivity contribution < 1.29 is 28.8 Å². The lowest BCUT2D eigenvalue weighted by Crippen LogP contribution is -2.67. The van der Waals surface area contributed by atoms with E-state index in [1.165, 1.54) is 11.8 Å². The molecule has 2 aliphatic rings. The van der Waals surface area contributed by atoms with Gasteiger partial charge < -0.3 is 28.8 Å². The second-order valence-electron chi connectivity index (χ2n) is 9.86. The van der Waals surface area contributed by atoms with Gasteiger partial charge in [0.25, 0.3) is 5.12 Å². The Balaban J connectivity index is 1.34. The summed E-state index contributed by atoms with van der Waals surface area (Å²) in [5, 5.41) is 10.4. The summed E-state index contributed by atoms with van der Waals surface area (Å²) in [5.74, 6) is 0. The van der Waals surface area contributed by atoms with E-state index in [9.17, 15) is 5.11 Å². The summed E-state index contributed by atoms with van der Waals surface area (Å²) in [5.41, 5.74) is 2.90. The largest absolute Gasteiger partial charge is 0.368 e.